The molecule has 10 nitrogen and oxygen atoms in total. The molecule has 0 saturated carbocycles. The zero-order valence-corrected chi connectivity index (χ0v) is 23.4. The van der Waals surface area contributed by atoms with Gasteiger partial charge in [0.15, 0.2) is 0 Å². The average Bonchev–Trinajstić information content (AvgIpc) is 3.16. The molecule has 2 heterocycles. The van der Waals surface area contributed by atoms with Crippen molar-refractivity contribution < 1.29 is 28.3 Å². The number of primary amides is 1. The molecule has 2 aromatic rings. The topological polar surface area (TPSA) is 134 Å². The van der Waals surface area contributed by atoms with Crippen molar-refractivity contribution in [2.24, 2.45) is 5.73 Å². The first-order valence-corrected chi connectivity index (χ1v) is 13.0. The Hall–Kier alpha value is -3.22. The maximum atomic E-state index is 13.7. The second-order valence-electron chi connectivity index (χ2n) is 9.95. The summed E-state index contributed by atoms with van der Waals surface area (Å²) >= 11 is 7.27. The summed E-state index contributed by atoms with van der Waals surface area (Å²) in [5.41, 5.74) is 3.98. The molecule has 13 heteroatoms. The zero-order chi connectivity index (χ0) is 28.4. The molecule has 38 heavy (non-hydrogen) atoms. The lowest BCUT2D eigenvalue weighted by atomic mass is 9.94. The third-order valence-corrected chi connectivity index (χ3v) is 8.04. The lowest BCUT2D eigenvalue weighted by Gasteiger charge is -2.36. The summed E-state index contributed by atoms with van der Waals surface area (Å²) in [5.74, 6) is -2.13. The van der Waals surface area contributed by atoms with Crippen molar-refractivity contribution in [3.05, 3.63) is 45.5 Å². The SMILES string of the molecule is COC(C)(C(N)=O)N1CCN(C(=O)c2cc(C(C)(C)C)sc2NC(=O)Nc2ccc(F)cc2Cl)CCC1=O. The minimum atomic E-state index is -1.65. The normalized spacial score (nSPS) is 16.0. The molecule has 0 aliphatic carbocycles. The van der Waals surface area contributed by atoms with Crippen LogP contribution in [0.2, 0.25) is 5.02 Å². The number of amides is 5. The van der Waals surface area contributed by atoms with Gasteiger partial charge >= 0.3 is 6.03 Å². The van der Waals surface area contributed by atoms with Crippen molar-refractivity contribution in [2.75, 3.05) is 37.4 Å². The number of halogens is 2. The predicted octanol–water partition coefficient (Wildman–Crippen LogP) is 4.00. The number of ether oxygens (including phenoxy) is 1. The molecule has 1 fully saturated rings. The highest BCUT2D eigenvalue weighted by molar-refractivity contribution is 7.16. The standard InChI is InChI=1S/C25H31ClFN5O5S/c1-24(2,3)18-13-15(20(38-18)30-23(36)29-17-7-6-14(27)12-16(17)26)21(34)31-9-8-19(33)32(11-10-31)25(4,37-5)22(28)35/h6-7,12-13H,8-11H2,1-5H3,(H2,28,35)(H2,29,30,36). The maximum absolute atomic E-state index is 13.7. The molecule has 0 bridgehead atoms. The van der Waals surface area contributed by atoms with Crippen molar-refractivity contribution in [1.82, 2.24) is 9.80 Å². The molecule has 1 unspecified atom stereocenters. The van der Waals surface area contributed by atoms with Gasteiger partial charge in [0.1, 0.15) is 10.8 Å². The van der Waals surface area contributed by atoms with Crippen LogP contribution in [0, 0.1) is 5.82 Å². The molecule has 0 spiro atoms. The molecule has 1 aromatic carbocycles. The molecular formula is C25H31ClFN5O5S. The third kappa shape index (κ3) is 6.25. The molecule has 5 amide bonds. The maximum Gasteiger partial charge on any atom is 0.324 e. The summed E-state index contributed by atoms with van der Waals surface area (Å²) in [5, 5.41) is 5.60. The van der Waals surface area contributed by atoms with Crippen molar-refractivity contribution in [3.8, 4) is 0 Å². The summed E-state index contributed by atoms with van der Waals surface area (Å²) in [6, 6.07) is 4.63. The Kier molecular flexibility index (Phi) is 8.69. The second kappa shape index (κ2) is 11.3. The van der Waals surface area contributed by atoms with Crippen LogP contribution >= 0.6 is 22.9 Å². The van der Waals surface area contributed by atoms with Crippen LogP contribution in [0.25, 0.3) is 0 Å². The number of benzene rings is 1. The fraction of sp³-hybridized carbons (Fsp3) is 0.440. The van der Waals surface area contributed by atoms with E-state index in [1.165, 1.54) is 41.2 Å². The monoisotopic (exact) mass is 567 g/mol. The predicted molar refractivity (Wildman–Crippen MR) is 144 cm³/mol. The summed E-state index contributed by atoms with van der Waals surface area (Å²) in [6.45, 7) is 7.60. The van der Waals surface area contributed by atoms with Gasteiger partial charge in [-0.3, -0.25) is 19.7 Å². The van der Waals surface area contributed by atoms with Gasteiger partial charge in [-0.1, -0.05) is 32.4 Å². The minimum Gasteiger partial charge on any atom is -0.365 e. The average molecular weight is 568 g/mol. The Morgan fingerprint density at radius 1 is 1.11 bits per heavy atom. The van der Waals surface area contributed by atoms with Gasteiger partial charge in [-0.25, -0.2) is 9.18 Å². The number of rotatable bonds is 6. The van der Waals surface area contributed by atoms with E-state index >= 15 is 0 Å². The van der Waals surface area contributed by atoms with Crippen molar-refractivity contribution in [1.29, 1.82) is 0 Å². The summed E-state index contributed by atoms with van der Waals surface area (Å²) in [6.07, 6.45) is -0.0411. The highest BCUT2D eigenvalue weighted by Gasteiger charge is 2.42. The number of hydrogen-bond acceptors (Lipinski definition) is 6. The van der Waals surface area contributed by atoms with Crippen LogP contribution < -0.4 is 16.4 Å². The van der Waals surface area contributed by atoms with Crippen LogP contribution in [-0.4, -0.2) is 66.0 Å². The molecule has 1 saturated heterocycles. The van der Waals surface area contributed by atoms with Crippen molar-refractivity contribution in [2.45, 2.75) is 45.3 Å². The van der Waals surface area contributed by atoms with Gasteiger partial charge in [0.2, 0.25) is 11.6 Å². The van der Waals surface area contributed by atoms with Crippen molar-refractivity contribution >= 4 is 57.4 Å². The lowest BCUT2D eigenvalue weighted by molar-refractivity contribution is -0.174. The number of carbonyl (C=O) groups excluding carboxylic acids is 4. The molecule has 1 aromatic heterocycles. The molecule has 206 valence electrons. The Morgan fingerprint density at radius 2 is 1.79 bits per heavy atom. The Bertz CT molecular complexity index is 1260. The van der Waals surface area contributed by atoms with Crippen LogP contribution in [0.15, 0.2) is 24.3 Å². The Morgan fingerprint density at radius 3 is 2.37 bits per heavy atom. The lowest BCUT2D eigenvalue weighted by Crippen LogP contribution is -2.59. The van der Waals surface area contributed by atoms with E-state index < -0.39 is 23.5 Å². The Balaban J connectivity index is 1.86. The van der Waals surface area contributed by atoms with Gasteiger partial charge < -0.3 is 25.6 Å². The fourth-order valence-corrected chi connectivity index (χ4v) is 5.17. The van der Waals surface area contributed by atoms with Gasteiger partial charge in [0, 0.05) is 38.0 Å². The molecule has 3 rings (SSSR count). The molecule has 1 aliphatic rings. The van der Waals surface area contributed by atoms with E-state index in [9.17, 15) is 23.6 Å². The smallest absolute Gasteiger partial charge is 0.324 e. The molecule has 1 aliphatic heterocycles. The first kappa shape index (κ1) is 29.3. The minimum absolute atomic E-state index is 0.0239. The largest absolute Gasteiger partial charge is 0.365 e. The number of hydrogen-bond donors (Lipinski definition) is 3. The summed E-state index contributed by atoms with van der Waals surface area (Å²) < 4.78 is 18.6. The van der Waals surface area contributed by atoms with Crippen LogP contribution in [0.4, 0.5) is 19.9 Å². The third-order valence-electron chi connectivity index (χ3n) is 6.26. The summed E-state index contributed by atoms with van der Waals surface area (Å²) in [7, 11) is 1.29. The Labute approximate surface area is 229 Å². The number of methoxy groups -OCH3 is 1. The molecular weight excluding hydrogens is 537 g/mol. The van der Waals surface area contributed by atoms with E-state index in [-0.39, 0.29) is 59.6 Å². The number of urea groups is 1. The van der Waals surface area contributed by atoms with Gasteiger partial charge in [0.25, 0.3) is 11.8 Å². The van der Waals surface area contributed by atoms with Gasteiger partial charge in [0.05, 0.1) is 16.3 Å². The quantitative estimate of drug-likeness (QED) is 0.485. The van der Waals surface area contributed by atoms with Gasteiger partial charge in [-0.15, -0.1) is 11.3 Å². The first-order chi connectivity index (χ1) is 17.7. The zero-order valence-electron chi connectivity index (χ0n) is 21.8. The van der Waals surface area contributed by atoms with E-state index in [4.69, 9.17) is 22.1 Å². The van der Waals surface area contributed by atoms with E-state index in [1.807, 2.05) is 20.8 Å². The number of carbonyl (C=O) groups is 4. The van der Waals surface area contributed by atoms with Crippen molar-refractivity contribution in [3.63, 3.8) is 0 Å². The number of nitrogens with zero attached hydrogens (tertiary/aromatic N) is 2. The van der Waals surface area contributed by atoms with E-state index in [0.717, 1.165) is 17.0 Å². The van der Waals surface area contributed by atoms with Crippen LogP contribution in [0.1, 0.15) is 49.4 Å². The number of anilines is 2. The van der Waals surface area contributed by atoms with Crippen LogP contribution in [-0.2, 0) is 19.7 Å². The van der Waals surface area contributed by atoms with E-state index in [2.05, 4.69) is 10.6 Å². The van der Waals surface area contributed by atoms with E-state index in [1.54, 1.807) is 6.07 Å². The fourth-order valence-electron chi connectivity index (χ4n) is 3.85. The van der Waals surface area contributed by atoms with Crippen LogP contribution in [0.5, 0.6) is 0 Å². The van der Waals surface area contributed by atoms with Crippen LogP contribution in [0.3, 0.4) is 0 Å². The summed E-state index contributed by atoms with van der Waals surface area (Å²) in [4.78, 5) is 54.8. The molecule has 0 radical (unpaired) electrons. The number of thiophene rings is 1. The molecule has 4 N–H and O–H groups in total. The van der Waals surface area contributed by atoms with Gasteiger partial charge in [-0.05, 0) is 36.6 Å². The molecule has 1 atom stereocenters. The number of nitrogens with two attached hydrogens (primary N) is 1. The highest BCUT2D eigenvalue weighted by Crippen LogP contribution is 2.37. The first-order valence-electron chi connectivity index (χ1n) is 11.8. The van der Waals surface area contributed by atoms with E-state index in [0.29, 0.717) is 5.00 Å². The number of nitrogens with one attached hydrogen (secondary N) is 2. The second-order valence-corrected chi connectivity index (χ2v) is 11.4. The highest BCUT2D eigenvalue weighted by atomic mass is 35.5. The van der Waals surface area contributed by atoms with Gasteiger partial charge in [-0.2, -0.15) is 0 Å².